The van der Waals surface area contributed by atoms with Crippen LogP contribution in [0.5, 0.6) is 5.75 Å². The molecule has 26 heavy (non-hydrogen) atoms. The van der Waals surface area contributed by atoms with E-state index in [2.05, 4.69) is 10.1 Å². The molecule has 0 heterocycles. The van der Waals surface area contributed by atoms with Gasteiger partial charge in [0.05, 0.1) is 14.2 Å². The van der Waals surface area contributed by atoms with Crippen LogP contribution < -0.4 is 10.1 Å². The van der Waals surface area contributed by atoms with Crippen LogP contribution in [-0.2, 0) is 16.0 Å². The summed E-state index contributed by atoms with van der Waals surface area (Å²) < 4.78 is 50.3. The number of rotatable bonds is 6. The number of benzene rings is 2. The molecule has 0 bridgehead atoms. The van der Waals surface area contributed by atoms with Crippen molar-refractivity contribution in [2.45, 2.75) is 12.5 Å². The Balaban J connectivity index is 2.29. The molecule has 1 amide bonds. The van der Waals surface area contributed by atoms with E-state index in [0.29, 0.717) is 23.4 Å². The number of halogens is 3. The van der Waals surface area contributed by atoms with Crippen molar-refractivity contribution in [3.05, 3.63) is 65.0 Å². The highest BCUT2D eigenvalue weighted by molar-refractivity contribution is 5.97. The van der Waals surface area contributed by atoms with E-state index in [1.807, 2.05) is 0 Å². The molecule has 5 nitrogen and oxygen atoms in total. The predicted molar refractivity (Wildman–Crippen MR) is 86.3 cm³/mol. The van der Waals surface area contributed by atoms with Gasteiger partial charge in [-0.2, -0.15) is 0 Å². The number of methoxy groups -OCH3 is 2. The third-order valence-electron chi connectivity index (χ3n) is 3.64. The Bertz CT molecular complexity index is 803. The SMILES string of the molecule is COC(=O)[C@H](Cc1ccccc1OC)NC(=O)c1c(F)cc(F)cc1F. The van der Waals surface area contributed by atoms with Crippen molar-refractivity contribution in [3.63, 3.8) is 0 Å². The maximum absolute atomic E-state index is 13.8. The van der Waals surface area contributed by atoms with Crippen molar-refractivity contribution in [1.82, 2.24) is 5.32 Å². The van der Waals surface area contributed by atoms with Crippen LogP contribution in [0.2, 0.25) is 0 Å². The van der Waals surface area contributed by atoms with Gasteiger partial charge in [0.2, 0.25) is 0 Å². The average molecular weight is 367 g/mol. The predicted octanol–water partition coefficient (Wildman–Crippen LogP) is 2.63. The number of para-hydroxylation sites is 1. The molecule has 0 fully saturated rings. The normalized spacial score (nSPS) is 11.6. The van der Waals surface area contributed by atoms with Gasteiger partial charge in [-0.3, -0.25) is 4.79 Å². The first kappa shape index (κ1) is 19.3. The fourth-order valence-electron chi connectivity index (χ4n) is 2.42. The number of nitrogens with one attached hydrogen (secondary N) is 1. The van der Waals surface area contributed by atoms with Crippen LogP contribution in [0.4, 0.5) is 13.2 Å². The van der Waals surface area contributed by atoms with Gasteiger partial charge in [-0.05, 0) is 11.6 Å². The van der Waals surface area contributed by atoms with Gasteiger partial charge in [0.25, 0.3) is 5.91 Å². The number of amides is 1. The first-order valence-electron chi connectivity index (χ1n) is 7.52. The average Bonchev–Trinajstić information content (AvgIpc) is 2.60. The van der Waals surface area contributed by atoms with E-state index in [0.717, 1.165) is 7.11 Å². The third kappa shape index (κ3) is 4.33. The topological polar surface area (TPSA) is 64.6 Å². The van der Waals surface area contributed by atoms with E-state index in [1.54, 1.807) is 24.3 Å². The molecular weight excluding hydrogens is 351 g/mol. The number of ether oxygens (including phenoxy) is 2. The van der Waals surface area contributed by atoms with Crippen molar-refractivity contribution in [3.8, 4) is 5.75 Å². The first-order chi connectivity index (χ1) is 12.4. The summed E-state index contributed by atoms with van der Waals surface area (Å²) in [5.74, 6) is -5.45. The van der Waals surface area contributed by atoms with Crippen molar-refractivity contribution >= 4 is 11.9 Å². The van der Waals surface area contributed by atoms with Crippen molar-refractivity contribution in [2.75, 3.05) is 14.2 Å². The monoisotopic (exact) mass is 367 g/mol. The van der Waals surface area contributed by atoms with Crippen LogP contribution in [0.15, 0.2) is 36.4 Å². The van der Waals surface area contributed by atoms with Crippen LogP contribution in [0.3, 0.4) is 0 Å². The Morgan fingerprint density at radius 1 is 1.08 bits per heavy atom. The fourth-order valence-corrected chi connectivity index (χ4v) is 2.42. The highest BCUT2D eigenvalue weighted by Gasteiger charge is 2.27. The largest absolute Gasteiger partial charge is 0.496 e. The molecule has 2 aromatic carbocycles. The zero-order valence-corrected chi connectivity index (χ0v) is 14.0. The lowest BCUT2D eigenvalue weighted by Gasteiger charge is -2.18. The van der Waals surface area contributed by atoms with Gasteiger partial charge in [0.1, 0.15) is 34.8 Å². The summed E-state index contributed by atoms with van der Waals surface area (Å²) in [4.78, 5) is 24.2. The molecule has 2 rings (SSSR count). The summed E-state index contributed by atoms with van der Waals surface area (Å²) in [6.07, 6.45) is -0.0349. The second-order valence-electron chi connectivity index (χ2n) is 5.31. The number of carbonyl (C=O) groups excluding carboxylic acids is 2. The van der Waals surface area contributed by atoms with Gasteiger partial charge in [-0.25, -0.2) is 18.0 Å². The molecule has 0 spiro atoms. The summed E-state index contributed by atoms with van der Waals surface area (Å²) in [5.41, 5.74) is -0.411. The lowest BCUT2D eigenvalue weighted by molar-refractivity contribution is -0.142. The Morgan fingerprint density at radius 3 is 2.27 bits per heavy atom. The summed E-state index contributed by atoms with van der Waals surface area (Å²) in [5, 5.41) is 2.21. The minimum atomic E-state index is -1.37. The lowest BCUT2D eigenvalue weighted by Crippen LogP contribution is -2.43. The van der Waals surface area contributed by atoms with E-state index in [9.17, 15) is 22.8 Å². The maximum Gasteiger partial charge on any atom is 0.328 e. The van der Waals surface area contributed by atoms with E-state index < -0.39 is 40.9 Å². The molecule has 2 aromatic rings. The van der Waals surface area contributed by atoms with Gasteiger partial charge in [-0.15, -0.1) is 0 Å². The molecule has 0 saturated heterocycles. The Morgan fingerprint density at radius 2 is 1.69 bits per heavy atom. The first-order valence-corrected chi connectivity index (χ1v) is 7.52. The van der Waals surface area contributed by atoms with E-state index in [-0.39, 0.29) is 6.42 Å². The molecule has 0 aliphatic rings. The lowest BCUT2D eigenvalue weighted by atomic mass is 10.0. The van der Waals surface area contributed by atoms with Crippen LogP contribution >= 0.6 is 0 Å². The van der Waals surface area contributed by atoms with Crippen LogP contribution in [0.25, 0.3) is 0 Å². The molecule has 0 radical (unpaired) electrons. The summed E-state index contributed by atoms with van der Waals surface area (Å²) in [6.45, 7) is 0. The molecule has 1 atom stereocenters. The maximum atomic E-state index is 13.8. The molecular formula is C18H16F3NO4. The standard InChI is InChI=1S/C18H16F3NO4/c1-25-15-6-4-3-5-10(15)7-14(18(24)26-2)22-17(23)16-12(20)8-11(19)9-13(16)21/h3-6,8-9,14H,7H2,1-2H3,(H,22,23)/t14-/m0/s1. The third-order valence-corrected chi connectivity index (χ3v) is 3.64. The highest BCUT2D eigenvalue weighted by atomic mass is 19.1. The van der Waals surface area contributed by atoms with Gasteiger partial charge in [-0.1, -0.05) is 18.2 Å². The Labute approximate surface area is 147 Å². The van der Waals surface area contributed by atoms with Crippen LogP contribution in [0, 0.1) is 17.5 Å². The van der Waals surface area contributed by atoms with E-state index in [4.69, 9.17) is 4.74 Å². The molecule has 0 aliphatic heterocycles. The quantitative estimate of drug-likeness (QED) is 0.798. The zero-order chi connectivity index (χ0) is 19.3. The highest BCUT2D eigenvalue weighted by Crippen LogP contribution is 2.20. The Hall–Kier alpha value is -3.03. The zero-order valence-electron chi connectivity index (χ0n) is 14.0. The van der Waals surface area contributed by atoms with Gasteiger partial charge < -0.3 is 14.8 Å². The van der Waals surface area contributed by atoms with E-state index in [1.165, 1.54) is 7.11 Å². The number of hydrogen-bond acceptors (Lipinski definition) is 4. The number of esters is 1. The molecule has 8 heteroatoms. The summed E-state index contributed by atoms with van der Waals surface area (Å²) >= 11 is 0. The van der Waals surface area contributed by atoms with Gasteiger partial charge in [0.15, 0.2) is 0 Å². The molecule has 0 unspecified atom stereocenters. The van der Waals surface area contributed by atoms with Gasteiger partial charge >= 0.3 is 5.97 Å². The molecule has 0 aliphatic carbocycles. The number of carbonyl (C=O) groups is 2. The Kier molecular flexibility index (Phi) is 6.21. The molecule has 0 saturated carbocycles. The number of hydrogen-bond donors (Lipinski definition) is 1. The van der Waals surface area contributed by atoms with Crippen molar-refractivity contribution in [1.29, 1.82) is 0 Å². The molecule has 0 aromatic heterocycles. The molecule has 1 N–H and O–H groups in total. The fraction of sp³-hybridized carbons (Fsp3) is 0.222. The van der Waals surface area contributed by atoms with E-state index >= 15 is 0 Å². The van der Waals surface area contributed by atoms with Crippen LogP contribution in [0.1, 0.15) is 15.9 Å². The van der Waals surface area contributed by atoms with Crippen molar-refractivity contribution in [2.24, 2.45) is 0 Å². The second kappa shape index (κ2) is 8.37. The summed E-state index contributed by atoms with van der Waals surface area (Å²) in [6, 6.07) is 6.28. The summed E-state index contributed by atoms with van der Waals surface area (Å²) in [7, 11) is 2.55. The van der Waals surface area contributed by atoms with Crippen LogP contribution in [-0.4, -0.2) is 32.1 Å². The minimum Gasteiger partial charge on any atom is -0.496 e. The second-order valence-corrected chi connectivity index (χ2v) is 5.31. The minimum absolute atomic E-state index is 0.0349. The van der Waals surface area contributed by atoms with Crippen molar-refractivity contribution < 1.29 is 32.2 Å². The van der Waals surface area contributed by atoms with Gasteiger partial charge in [0, 0.05) is 18.6 Å². The molecule has 138 valence electrons. The smallest absolute Gasteiger partial charge is 0.328 e.